The number of hydrogen-bond acceptors (Lipinski definition) is 6. The molecule has 0 saturated carbocycles. The van der Waals surface area contributed by atoms with Gasteiger partial charge in [-0.25, -0.2) is 9.37 Å². The van der Waals surface area contributed by atoms with Crippen molar-refractivity contribution in [3.8, 4) is 5.75 Å². The molecule has 0 aliphatic rings. The minimum absolute atomic E-state index is 0.225. The van der Waals surface area contributed by atoms with E-state index in [0.29, 0.717) is 31.3 Å². The van der Waals surface area contributed by atoms with E-state index in [1.54, 1.807) is 18.3 Å². The van der Waals surface area contributed by atoms with Gasteiger partial charge in [0.25, 0.3) is 0 Å². The molecular weight excluding hydrogens is 473 g/mol. The summed E-state index contributed by atoms with van der Waals surface area (Å²) in [5, 5.41) is 6.48. The van der Waals surface area contributed by atoms with Crippen LogP contribution in [0.15, 0.2) is 59.2 Å². The lowest BCUT2D eigenvalue weighted by molar-refractivity contribution is 0.223. The maximum atomic E-state index is 13.3. The van der Waals surface area contributed by atoms with E-state index >= 15 is 0 Å². The molecule has 0 atom stereocenters. The van der Waals surface area contributed by atoms with E-state index in [0.717, 1.165) is 41.1 Å². The topological polar surface area (TPSA) is 62.3 Å². The molecule has 3 rings (SSSR count). The quantitative estimate of drug-likeness (QED) is 0.341. The van der Waals surface area contributed by atoms with Crippen molar-refractivity contribution in [1.82, 2.24) is 14.9 Å². The number of nitrogens with one attached hydrogen (secondary N) is 2. The fourth-order valence-corrected chi connectivity index (χ4v) is 3.50. The van der Waals surface area contributed by atoms with Gasteiger partial charge in [0.15, 0.2) is 0 Å². The second-order valence-corrected chi connectivity index (χ2v) is 8.08. The number of likely N-dealkylation sites (N-methyl/N-ethyl adjacent to an activating group) is 1. The maximum Gasteiger partial charge on any atom is 0.229 e. The van der Waals surface area contributed by atoms with Crippen molar-refractivity contribution in [2.24, 2.45) is 0 Å². The summed E-state index contributed by atoms with van der Waals surface area (Å²) in [4.78, 5) is 11.2. The number of aromatic nitrogens is 2. The Labute approximate surface area is 197 Å². The first-order valence-corrected chi connectivity index (χ1v) is 11.6. The second kappa shape index (κ2) is 12.4. The third-order valence-corrected chi connectivity index (χ3v) is 5.60. The van der Waals surface area contributed by atoms with Gasteiger partial charge in [-0.15, -0.1) is 0 Å². The Morgan fingerprint density at radius 1 is 1.09 bits per heavy atom. The molecular formula is C24H29BrFN5O. The highest BCUT2D eigenvalue weighted by Crippen LogP contribution is 2.23. The van der Waals surface area contributed by atoms with E-state index in [4.69, 9.17) is 4.74 Å². The molecule has 1 heterocycles. The molecule has 170 valence electrons. The molecule has 0 unspecified atom stereocenters. The first-order valence-electron chi connectivity index (χ1n) is 10.8. The van der Waals surface area contributed by atoms with Crippen molar-refractivity contribution in [2.45, 2.75) is 20.3 Å². The molecule has 0 spiro atoms. The zero-order valence-electron chi connectivity index (χ0n) is 18.4. The third-order valence-electron chi connectivity index (χ3n) is 5.02. The van der Waals surface area contributed by atoms with Gasteiger partial charge in [0.1, 0.15) is 24.0 Å². The minimum Gasteiger partial charge on any atom is -0.492 e. The molecule has 1 aromatic heterocycles. The van der Waals surface area contributed by atoms with Gasteiger partial charge in [-0.05, 0) is 77.4 Å². The Hall–Kier alpha value is -2.71. The molecule has 6 nitrogen and oxygen atoms in total. The number of rotatable bonds is 12. The van der Waals surface area contributed by atoms with Gasteiger partial charge in [0.05, 0.1) is 4.47 Å². The van der Waals surface area contributed by atoms with Crippen molar-refractivity contribution in [3.05, 3.63) is 70.6 Å². The first kappa shape index (κ1) is 23.9. The van der Waals surface area contributed by atoms with Crippen LogP contribution >= 0.6 is 15.9 Å². The number of anilines is 3. The van der Waals surface area contributed by atoms with E-state index in [1.165, 1.54) is 6.07 Å². The smallest absolute Gasteiger partial charge is 0.229 e. The highest BCUT2D eigenvalue weighted by atomic mass is 79.9. The lowest BCUT2D eigenvalue weighted by atomic mass is 10.1. The van der Waals surface area contributed by atoms with Crippen LogP contribution in [0.5, 0.6) is 5.75 Å². The van der Waals surface area contributed by atoms with Crippen LogP contribution in [0.3, 0.4) is 0 Å². The van der Waals surface area contributed by atoms with Crippen molar-refractivity contribution in [3.63, 3.8) is 0 Å². The highest BCUT2D eigenvalue weighted by molar-refractivity contribution is 9.10. The van der Waals surface area contributed by atoms with Crippen LogP contribution in [0.25, 0.3) is 0 Å². The normalized spacial score (nSPS) is 10.9. The Kier molecular flexibility index (Phi) is 9.25. The van der Waals surface area contributed by atoms with Crippen LogP contribution in [-0.2, 0) is 6.42 Å². The standard InChI is InChI=1S/C24H29BrFN5O/c1-3-31(4-2)14-15-32-21-10-8-20(9-11-21)29-24-28-17-22(25)23(30-24)27-13-12-18-6-5-7-19(26)16-18/h5-11,16-17H,3-4,12-15H2,1-2H3,(H2,27,28,29,30). The van der Waals surface area contributed by atoms with Crippen molar-refractivity contribution in [2.75, 3.05) is 43.4 Å². The second-order valence-electron chi connectivity index (χ2n) is 7.22. The van der Waals surface area contributed by atoms with Gasteiger partial charge >= 0.3 is 0 Å². The molecule has 3 aromatic rings. The number of benzene rings is 2. The molecule has 0 saturated heterocycles. The molecule has 32 heavy (non-hydrogen) atoms. The summed E-state index contributed by atoms with van der Waals surface area (Å²) in [6.07, 6.45) is 2.39. The van der Waals surface area contributed by atoms with E-state index < -0.39 is 0 Å². The van der Waals surface area contributed by atoms with Gasteiger partial charge in [0.2, 0.25) is 5.95 Å². The summed E-state index contributed by atoms with van der Waals surface area (Å²) in [7, 11) is 0. The van der Waals surface area contributed by atoms with Crippen LogP contribution in [0.1, 0.15) is 19.4 Å². The molecule has 2 N–H and O–H groups in total. The molecule has 2 aromatic carbocycles. The molecule has 0 amide bonds. The summed E-state index contributed by atoms with van der Waals surface area (Å²) in [5.41, 5.74) is 1.80. The monoisotopic (exact) mass is 501 g/mol. The number of nitrogens with zero attached hydrogens (tertiary/aromatic N) is 3. The van der Waals surface area contributed by atoms with E-state index in [9.17, 15) is 4.39 Å². The SMILES string of the molecule is CCN(CC)CCOc1ccc(Nc2ncc(Br)c(NCCc3cccc(F)c3)n2)cc1. The van der Waals surface area contributed by atoms with E-state index in [2.05, 4.69) is 55.3 Å². The van der Waals surface area contributed by atoms with E-state index in [-0.39, 0.29) is 5.82 Å². The van der Waals surface area contributed by atoms with Crippen LogP contribution in [-0.4, -0.2) is 47.7 Å². The zero-order chi connectivity index (χ0) is 22.8. The zero-order valence-corrected chi connectivity index (χ0v) is 20.0. The third kappa shape index (κ3) is 7.46. The van der Waals surface area contributed by atoms with Gasteiger partial charge in [0, 0.05) is 25.0 Å². The van der Waals surface area contributed by atoms with Crippen LogP contribution < -0.4 is 15.4 Å². The summed E-state index contributed by atoms with van der Waals surface area (Å²) >= 11 is 3.47. The first-order chi connectivity index (χ1) is 15.6. The molecule has 0 bridgehead atoms. The Balaban J connectivity index is 1.52. The highest BCUT2D eigenvalue weighted by Gasteiger charge is 2.06. The average Bonchev–Trinajstić information content (AvgIpc) is 2.80. The Bertz CT molecular complexity index is 982. The lowest BCUT2D eigenvalue weighted by Crippen LogP contribution is -2.27. The molecule has 0 radical (unpaired) electrons. The van der Waals surface area contributed by atoms with Gasteiger partial charge < -0.3 is 20.3 Å². The Morgan fingerprint density at radius 3 is 2.59 bits per heavy atom. The molecule has 0 fully saturated rings. The number of hydrogen-bond donors (Lipinski definition) is 2. The molecule has 0 aliphatic heterocycles. The summed E-state index contributed by atoms with van der Waals surface area (Å²) in [6, 6.07) is 14.4. The minimum atomic E-state index is -0.225. The van der Waals surface area contributed by atoms with Gasteiger partial charge in [-0.3, -0.25) is 0 Å². The predicted molar refractivity (Wildman–Crippen MR) is 131 cm³/mol. The molecule has 0 aliphatic carbocycles. The lowest BCUT2D eigenvalue weighted by Gasteiger charge is -2.18. The summed E-state index contributed by atoms with van der Waals surface area (Å²) in [5.74, 6) is 1.77. The largest absolute Gasteiger partial charge is 0.492 e. The van der Waals surface area contributed by atoms with E-state index in [1.807, 2.05) is 30.3 Å². The maximum absolute atomic E-state index is 13.3. The fraction of sp³-hybridized carbons (Fsp3) is 0.333. The van der Waals surface area contributed by atoms with Crippen LogP contribution in [0, 0.1) is 5.82 Å². The van der Waals surface area contributed by atoms with Crippen LogP contribution in [0.4, 0.5) is 21.8 Å². The fourth-order valence-electron chi connectivity index (χ4n) is 3.17. The number of halogens is 2. The predicted octanol–water partition coefficient (Wildman–Crippen LogP) is 5.50. The summed E-state index contributed by atoms with van der Waals surface area (Å²) < 4.78 is 19.9. The number of ether oxygens (including phenoxy) is 1. The summed E-state index contributed by atoms with van der Waals surface area (Å²) in [6.45, 7) is 8.55. The van der Waals surface area contributed by atoms with Crippen molar-refractivity contribution < 1.29 is 9.13 Å². The molecule has 8 heteroatoms. The van der Waals surface area contributed by atoms with Gasteiger partial charge in [-0.1, -0.05) is 26.0 Å². The van der Waals surface area contributed by atoms with Crippen molar-refractivity contribution in [1.29, 1.82) is 0 Å². The Morgan fingerprint density at radius 2 is 1.88 bits per heavy atom. The van der Waals surface area contributed by atoms with Crippen molar-refractivity contribution >= 4 is 33.4 Å². The van der Waals surface area contributed by atoms with Gasteiger partial charge in [-0.2, -0.15) is 4.98 Å². The van der Waals surface area contributed by atoms with Crippen LogP contribution in [0.2, 0.25) is 0 Å². The average molecular weight is 502 g/mol.